The van der Waals surface area contributed by atoms with Crippen molar-refractivity contribution in [3.63, 3.8) is 0 Å². The molecule has 1 aliphatic heterocycles. The summed E-state index contributed by atoms with van der Waals surface area (Å²) in [5, 5.41) is 3.41. The molecule has 3 aromatic rings. The second-order valence-corrected chi connectivity index (χ2v) is 8.16. The number of methoxy groups -OCH3 is 1. The maximum atomic E-state index is 12.7. The number of hydrogen-bond donors (Lipinski definition) is 1. The number of rotatable bonds is 5. The highest BCUT2D eigenvalue weighted by Gasteiger charge is 2.23. The van der Waals surface area contributed by atoms with Crippen LogP contribution in [-0.4, -0.2) is 41.9 Å². The predicted molar refractivity (Wildman–Crippen MR) is 116 cm³/mol. The summed E-state index contributed by atoms with van der Waals surface area (Å²) in [6.45, 7) is 1.68. The zero-order chi connectivity index (χ0) is 20.9. The molecule has 0 unspecified atom stereocenters. The molecule has 7 heteroatoms. The molecule has 2 amide bonds. The summed E-state index contributed by atoms with van der Waals surface area (Å²) in [7, 11) is 1.63. The van der Waals surface area contributed by atoms with Crippen LogP contribution in [0.2, 0.25) is 0 Å². The first-order chi connectivity index (χ1) is 14.6. The van der Waals surface area contributed by atoms with Gasteiger partial charge in [0.2, 0.25) is 0 Å². The maximum absolute atomic E-state index is 12.7. The number of thiazole rings is 1. The number of benzene rings is 2. The molecular weight excluding hydrogens is 398 g/mol. The molecule has 6 nitrogen and oxygen atoms in total. The second kappa shape index (κ2) is 9.09. The third-order valence-corrected chi connectivity index (χ3v) is 6.28. The van der Waals surface area contributed by atoms with Gasteiger partial charge in [0.25, 0.3) is 11.8 Å². The SMILES string of the molecule is COc1ccc(CNC(=O)c2nc3c(s2)CCN(C(=O)c2ccccc2)CC3)cc1. The fraction of sp³-hybridized carbons (Fsp3) is 0.261. The lowest BCUT2D eigenvalue weighted by atomic mass is 10.2. The highest BCUT2D eigenvalue weighted by Crippen LogP contribution is 2.24. The highest BCUT2D eigenvalue weighted by atomic mass is 32.1. The van der Waals surface area contributed by atoms with E-state index < -0.39 is 0 Å². The van der Waals surface area contributed by atoms with Crippen LogP contribution in [0.5, 0.6) is 5.75 Å². The minimum absolute atomic E-state index is 0.0446. The van der Waals surface area contributed by atoms with Crippen LogP contribution in [0.1, 0.15) is 36.3 Å². The quantitative estimate of drug-likeness (QED) is 0.686. The number of hydrogen-bond acceptors (Lipinski definition) is 5. The van der Waals surface area contributed by atoms with E-state index in [9.17, 15) is 9.59 Å². The van der Waals surface area contributed by atoms with Gasteiger partial charge in [-0.3, -0.25) is 9.59 Å². The van der Waals surface area contributed by atoms with Crippen molar-refractivity contribution < 1.29 is 14.3 Å². The van der Waals surface area contributed by atoms with Gasteiger partial charge < -0.3 is 15.0 Å². The monoisotopic (exact) mass is 421 g/mol. The average Bonchev–Trinajstić information content (AvgIpc) is 3.11. The molecule has 0 saturated carbocycles. The number of carbonyl (C=O) groups is 2. The number of nitrogens with one attached hydrogen (secondary N) is 1. The van der Waals surface area contributed by atoms with Crippen LogP contribution in [0.15, 0.2) is 54.6 Å². The summed E-state index contributed by atoms with van der Waals surface area (Å²) in [6.07, 6.45) is 1.38. The van der Waals surface area contributed by atoms with Crippen molar-refractivity contribution in [2.75, 3.05) is 20.2 Å². The Kier molecular flexibility index (Phi) is 6.09. The molecule has 1 N–H and O–H groups in total. The Labute approximate surface area is 179 Å². The molecule has 0 aliphatic carbocycles. The van der Waals surface area contributed by atoms with Gasteiger partial charge in [-0.15, -0.1) is 11.3 Å². The number of amides is 2. The number of nitrogens with zero attached hydrogens (tertiary/aromatic N) is 2. The highest BCUT2D eigenvalue weighted by molar-refractivity contribution is 7.13. The van der Waals surface area contributed by atoms with E-state index >= 15 is 0 Å². The molecule has 0 saturated heterocycles. The van der Waals surface area contributed by atoms with Gasteiger partial charge in [0.05, 0.1) is 12.8 Å². The van der Waals surface area contributed by atoms with Gasteiger partial charge in [0.15, 0.2) is 5.01 Å². The van der Waals surface area contributed by atoms with Crippen LogP contribution in [0, 0.1) is 0 Å². The fourth-order valence-corrected chi connectivity index (χ4v) is 4.44. The smallest absolute Gasteiger partial charge is 0.280 e. The molecule has 2 aromatic carbocycles. The normalized spacial score (nSPS) is 13.3. The Morgan fingerprint density at radius 3 is 2.53 bits per heavy atom. The van der Waals surface area contributed by atoms with Gasteiger partial charge in [-0.1, -0.05) is 30.3 Å². The van der Waals surface area contributed by atoms with Crippen LogP contribution in [0.4, 0.5) is 0 Å². The lowest BCUT2D eigenvalue weighted by Crippen LogP contribution is -2.33. The van der Waals surface area contributed by atoms with E-state index in [0.717, 1.165) is 28.3 Å². The summed E-state index contributed by atoms with van der Waals surface area (Å²) in [5.74, 6) is 0.665. The van der Waals surface area contributed by atoms with E-state index in [0.29, 0.717) is 36.6 Å². The second-order valence-electron chi connectivity index (χ2n) is 7.08. The zero-order valence-corrected chi connectivity index (χ0v) is 17.6. The van der Waals surface area contributed by atoms with Crippen molar-refractivity contribution in [2.45, 2.75) is 19.4 Å². The van der Waals surface area contributed by atoms with Gasteiger partial charge in [-0.05, 0) is 29.8 Å². The summed E-state index contributed by atoms with van der Waals surface area (Å²) in [5.41, 5.74) is 2.63. The van der Waals surface area contributed by atoms with E-state index in [1.165, 1.54) is 11.3 Å². The van der Waals surface area contributed by atoms with Crippen molar-refractivity contribution in [2.24, 2.45) is 0 Å². The topological polar surface area (TPSA) is 71.5 Å². The number of fused-ring (bicyclic) bond motifs is 1. The summed E-state index contributed by atoms with van der Waals surface area (Å²) < 4.78 is 5.15. The van der Waals surface area contributed by atoms with Gasteiger partial charge in [-0.2, -0.15) is 0 Å². The molecule has 0 spiro atoms. The standard InChI is InChI=1S/C23H23N3O3S/c1-29-18-9-7-16(8-10-18)15-24-21(27)22-25-19-11-13-26(14-12-20(19)30-22)23(28)17-5-3-2-4-6-17/h2-10H,11-15H2,1H3,(H,24,27). The minimum Gasteiger partial charge on any atom is -0.497 e. The molecule has 1 aliphatic rings. The Morgan fingerprint density at radius 1 is 1.07 bits per heavy atom. The Balaban J connectivity index is 1.36. The fourth-order valence-electron chi connectivity index (χ4n) is 3.43. The third-order valence-electron chi connectivity index (χ3n) is 5.12. The first kappa shape index (κ1) is 20.1. The van der Waals surface area contributed by atoms with E-state index in [1.54, 1.807) is 7.11 Å². The maximum Gasteiger partial charge on any atom is 0.280 e. The first-order valence-electron chi connectivity index (χ1n) is 9.88. The number of aromatic nitrogens is 1. The number of ether oxygens (including phenoxy) is 1. The van der Waals surface area contributed by atoms with Gasteiger partial charge in [0.1, 0.15) is 5.75 Å². The van der Waals surface area contributed by atoms with Crippen LogP contribution in [-0.2, 0) is 19.4 Å². The molecule has 0 fully saturated rings. The van der Waals surface area contributed by atoms with Crippen LogP contribution in [0.25, 0.3) is 0 Å². The molecule has 4 rings (SSSR count). The van der Waals surface area contributed by atoms with Crippen molar-refractivity contribution in [1.82, 2.24) is 15.2 Å². The van der Waals surface area contributed by atoms with E-state index in [1.807, 2.05) is 59.5 Å². The third kappa shape index (κ3) is 4.52. The molecule has 0 bridgehead atoms. The van der Waals surface area contributed by atoms with Gasteiger partial charge in [-0.25, -0.2) is 4.98 Å². The van der Waals surface area contributed by atoms with E-state index in [-0.39, 0.29) is 11.8 Å². The van der Waals surface area contributed by atoms with Crippen LogP contribution >= 0.6 is 11.3 Å². The Hall–Kier alpha value is -3.19. The summed E-state index contributed by atoms with van der Waals surface area (Å²) in [6, 6.07) is 16.9. The molecule has 0 radical (unpaired) electrons. The first-order valence-corrected chi connectivity index (χ1v) is 10.7. The molecule has 0 atom stereocenters. The van der Waals surface area contributed by atoms with Crippen molar-refractivity contribution in [3.8, 4) is 5.75 Å². The lowest BCUT2D eigenvalue weighted by molar-refractivity contribution is 0.0762. The minimum atomic E-state index is -0.166. The Morgan fingerprint density at radius 2 is 1.80 bits per heavy atom. The molecular formula is C23H23N3O3S. The Bertz CT molecular complexity index is 1010. The molecule has 2 heterocycles. The van der Waals surface area contributed by atoms with Crippen molar-refractivity contribution in [1.29, 1.82) is 0 Å². The van der Waals surface area contributed by atoms with E-state index in [4.69, 9.17) is 4.74 Å². The van der Waals surface area contributed by atoms with E-state index in [2.05, 4.69) is 10.3 Å². The summed E-state index contributed by atoms with van der Waals surface area (Å²) >= 11 is 1.43. The van der Waals surface area contributed by atoms with Gasteiger partial charge >= 0.3 is 0 Å². The predicted octanol–water partition coefficient (Wildman–Crippen LogP) is 3.32. The number of carbonyl (C=O) groups excluding carboxylic acids is 2. The van der Waals surface area contributed by atoms with Gasteiger partial charge in [0, 0.05) is 42.9 Å². The average molecular weight is 422 g/mol. The lowest BCUT2D eigenvalue weighted by Gasteiger charge is -2.20. The van der Waals surface area contributed by atoms with Crippen molar-refractivity contribution >= 4 is 23.2 Å². The van der Waals surface area contributed by atoms with Crippen LogP contribution < -0.4 is 10.1 Å². The molecule has 154 valence electrons. The zero-order valence-electron chi connectivity index (χ0n) is 16.8. The molecule has 30 heavy (non-hydrogen) atoms. The van der Waals surface area contributed by atoms with Crippen LogP contribution in [0.3, 0.4) is 0 Å². The summed E-state index contributed by atoms with van der Waals surface area (Å²) in [4.78, 5) is 32.8. The molecule has 1 aromatic heterocycles. The largest absolute Gasteiger partial charge is 0.497 e. The van der Waals surface area contributed by atoms with Crippen molar-refractivity contribution in [3.05, 3.63) is 81.3 Å².